The van der Waals surface area contributed by atoms with Gasteiger partial charge < -0.3 is 14.8 Å². The predicted octanol–water partition coefficient (Wildman–Crippen LogP) is 1.64. The second-order valence-electron chi connectivity index (χ2n) is 6.51. The minimum atomic E-state index is -0.904. The van der Waals surface area contributed by atoms with E-state index in [2.05, 4.69) is 38.7 Å². The summed E-state index contributed by atoms with van der Waals surface area (Å²) in [6.07, 6.45) is 6.00. The van der Waals surface area contributed by atoms with E-state index in [0.29, 0.717) is 12.8 Å². The van der Waals surface area contributed by atoms with Crippen LogP contribution in [0.2, 0.25) is 0 Å². The number of likely N-dealkylation sites (tertiary alicyclic amines) is 1. The van der Waals surface area contributed by atoms with Gasteiger partial charge in [-0.2, -0.15) is 0 Å². The molecule has 0 unspecified atom stereocenters. The van der Waals surface area contributed by atoms with Gasteiger partial charge in [-0.25, -0.2) is 4.98 Å². The Labute approximate surface area is 137 Å². The Hall–Kier alpha value is -1.69. The first-order chi connectivity index (χ1) is 11.2. The molecule has 0 saturated carbocycles. The fourth-order valence-electron chi connectivity index (χ4n) is 3.18. The lowest BCUT2D eigenvalue weighted by Crippen LogP contribution is -2.34. The van der Waals surface area contributed by atoms with E-state index in [0.717, 1.165) is 32.6 Å². The minimum absolute atomic E-state index is 0.146. The minimum Gasteiger partial charge on any atom is -0.393 e. The molecule has 1 aliphatic rings. The van der Waals surface area contributed by atoms with Crippen molar-refractivity contribution >= 4 is 0 Å². The molecule has 2 heterocycles. The van der Waals surface area contributed by atoms with Gasteiger partial charge in [-0.3, -0.25) is 4.90 Å². The van der Waals surface area contributed by atoms with E-state index in [-0.39, 0.29) is 6.61 Å². The smallest absolute Gasteiger partial charge is 0.0951 e. The second-order valence-corrected chi connectivity index (χ2v) is 6.51. The van der Waals surface area contributed by atoms with Crippen LogP contribution in [-0.2, 0) is 13.1 Å². The van der Waals surface area contributed by atoms with E-state index >= 15 is 0 Å². The monoisotopic (exact) mass is 315 g/mol. The van der Waals surface area contributed by atoms with Gasteiger partial charge in [0.1, 0.15) is 0 Å². The lowest BCUT2D eigenvalue weighted by atomic mass is 9.96. The van der Waals surface area contributed by atoms with Crippen molar-refractivity contribution in [1.82, 2.24) is 14.5 Å². The van der Waals surface area contributed by atoms with E-state index in [1.54, 1.807) is 0 Å². The van der Waals surface area contributed by atoms with Crippen LogP contribution in [0.3, 0.4) is 0 Å². The van der Waals surface area contributed by atoms with Crippen molar-refractivity contribution in [3.63, 3.8) is 0 Å². The van der Waals surface area contributed by atoms with Crippen LogP contribution in [0, 0.1) is 0 Å². The molecular formula is C18H25N3O2. The molecule has 1 saturated heterocycles. The quantitative estimate of drug-likeness (QED) is 0.880. The molecule has 1 atom stereocenters. The Morgan fingerprint density at radius 1 is 1.09 bits per heavy atom. The molecule has 0 bridgehead atoms. The van der Waals surface area contributed by atoms with Gasteiger partial charge in [0.25, 0.3) is 0 Å². The maximum Gasteiger partial charge on any atom is 0.0951 e. The third kappa shape index (κ3) is 4.19. The highest BCUT2D eigenvalue weighted by atomic mass is 16.3. The van der Waals surface area contributed by atoms with Gasteiger partial charge in [0, 0.05) is 25.8 Å². The molecule has 3 rings (SSSR count). The first kappa shape index (κ1) is 16.2. The Balaban J connectivity index is 1.64. The SMILES string of the molecule is OC[C@]1(O)CCCN(Cc2cncn2Cc2ccccc2)CC1. The van der Waals surface area contributed by atoms with Crippen LogP contribution >= 0.6 is 0 Å². The summed E-state index contributed by atoms with van der Waals surface area (Å²) in [7, 11) is 0. The van der Waals surface area contributed by atoms with E-state index in [4.69, 9.17) is 0 Å². The number of hydrogen-bond acceptors (Lipinski definition) is 4. The number of nitrogens with zero attached hydrogens (tertiary/aromatic N) is 3. The van der Waals surface area contributed by atoms with E-state index in [9.17, 15) is 10.2 Å². The fraction of sp³-hybridized carbons (Fsp3) is 0.500. The van der Waals surface area contributed by atoms with Crippen LogP contribution in [0.15, 0.2) is 42.9 Å². The van der Waals surface area contributed by atoms with Crippen molar-refractivity contribution in [3.05, 3.63) is 54.1 Å². The summed E-state index contributed by atoms with van der Waals surface area (Å²) in [5.74, 6) is 0. The van der Waals surface area contributed by atoms with Crippen molar-refractivity contribution in [3.8, 4) is 0 Å². The Morgan fingerprint density at radius 2 is 1.91 bits per heavy atom. The van der Waals surface area contributed by atoms with Gasteiger partial charge in [-0.05, 0) is 31.4 Å². The topological polar surface area (TPSA) is 61.5 Å². The highest BCUT2D eigenvalue weighted by Crippen LogP contribution is 2.22. The standard InChI is InChI=1S/C18H25N3O2/c22-14-18(23)7-4-9-20(10-8-18)13-17-11-19-15-21(17)12-16-5-2-1-3-6-16/h1-3,5-6,11,15,22-23H,4,7-10,12-14H2/t18-/m0/s1. The fourth-order valence-corrected chi connectivity index (χ4v) is 3.18. The molecule has 5 nitrogen and oxygen atoms in total. The maximum atomic E-state index is 10.3. The number of aliphatic hydroxyl groups excluding tert-OH is 1. The molecule has 0 spiro atoms. The summed E-state index contributed by atoms with van der Waals surface area (Å²) in [6.45, 7) is 3.25. The molecule has 1 aromatic heterocycles. The largest absolute Gasteiger partial charge is 0.393 e. The highest BCUT2D eigenvalue weighted by Gasteiger charge is 2.29. The second kappa shape index (κ2) is 7.25. The van der Waals surface area contributed by atoms with Crippen LogP contribution in [0.25, 0.3) is 0 Å². The van der Waals surface area contributed by atoms with E-state index < -0.39 is 5.60 Å². The molecule has 1 aliphatic heterocycles. The zero-order valence-electron chi connectivity index (χ0n) is 13.4. The third-order valence-corrected chi connectivity index (χ3v) is 4.68. The molecule has 1 fully saturated rings. The summed E-state index contributed by atoms with van der Waals surface area (Å²) in [6, 6.07) is 10.4. The molecule has 124 valence electrons. The summed E-state index contributed by atoms with van der Waals surface area (Å²) >= 11 is 0. The predicted molar refractivity (Wildman–Crippen MR) is 88.9 cm³/mol. The normalized spacial score (nSPS) is 22.9. The maximum absolute atomic E-state index is 10.3. The number of aromatic nitrogens is 2. The number of rotatable bonds is 5. The molecule has 5 heteroatoms. The van der Waals surface area contributed by atoms with Gasteiger partial charge >= 0.3 is 0 Å². The van der Waals surface area contributed by atoms with Gasteiger partial charge in [0.2, 0.25) is 0 Å². The number of aliphatic hydroxyl groups is 2. The lowest BCUT2D eigenvalue weighted by Gasteiger charge is -2.24. The molecule has 1 aromatic carbocycles. The first-order valence-electron chi connectivity index (χ1n) is 8.27. The summed E-state index contributed by atoms with van der Waals surface area (Å²) < 4.78 is 2.18. The van der Waals surface area contributed by atoms with Crippen molar-refractivity contribution in [2.75, 3.05) is 19.7 Å². The Kier molecular flexibility index (Phi) is 5.10. The molecular weight excluding hydrogens is 290 g/mol. The molecule has 23 heavy (non-hydrogen) atoms. The summed E-state index contributed by atoms with van der Waals surface area (Å²) in [4.78, 5) is 6.64. The van der Waals surface area contributed by atoms with Crippen molar-refractivity contribution < 1.29 is 10.2 Å². The summed E-state index contributed by atoms with van der Waals surface area (Å²) in [5.41, 5.74) is 1.54. The van der Waals surface area contributed by atoms with Crippen molar-refractivity contribution in [2.24, 2.45) is 0 Å². The van der Waals surface area contributed by atoms with Gasteiger partial charge in [0.05, 0.1) is 24.2 Å². The van der Waals surface area contributed by atoms with Crippen LogP contribution in [-0.4, -0.2) is 50.0 Å². The van der Waals surface area contributed by atoms with Crippen molar-refractivity contribution in [2.45, 2.75) is 38.0 Å². The van der Waals surface area contributed by atoms with Crippen LogP contribution in [0.4, 0.5) is 0 Å². The highest BCUT2D eigenvalue weighted by molar-refractivity contribution is 5.16. The van der Waals surface area contributed by atoms with Crippen molar-refractivity contribution in [1.29, 1.82) is 0 Å². The van der Waals surface area contributed by atoms with Gasteiger partial charge in [0.15, 0.2) is 0 Å². The van der Waals surface area contributed by atoms with Crippen LogP contribution in [0.5, 0.6) is 0 Å². The van der Waals surface area contributed by atoms with Crippen LogP contribution < -0.4 is 0 Å². The molecule has 0 amide bonds. The Bertz CT molecular complexity index is 614. The van der Waals surface area contributed by atoms with Gasteiger partial charge in [-0.1, -0.05) is 30.3 Å². The lowest BCUT2D eigenvalue weighted by molar-refractivity contribution is -0.0255. The number of hydrogen-bond donors (Lipinski definition) is 2. The average molecular weight is 315 g/mol. The molecule has 2 N–H and O–H groups in total. The number of imidazole rings is 1. The zero-order valence-corrected chi connectivity index (χ0v) is 13.4. The Morgan fingerprint density at radius 3 is 2.70 bits per heavy atom. The van der Waals surface area contributed by atoms with Crippen LogP contribution in [0.1, 0.15) is 30.5 Å². The van der Waals surface area contributed by atoms with Gasteiger partial charge in [-0.15, -0.1) is 0 Å². The molecule has 0 radical (unpaired) electrons. The molecule has 0 aliphatic carbocycles. The average Bonchev–Trinajstić information content (AvgIpc) is 2.90. The number of benzene rings is 1. The van der Waals surface area contributed by atoms with E-state index in [1.165, 1.54) is 11.3 Å². The third-order valence-electron chi connectivity index (χ3n) is 4.68. The van der Waals surface area contributed by atoms with E-state index in [1.807, 2.05) is 18.6 Å². The first-order valence-corrected chi connectivity index (χ1v) is 8.27. The zero-order chi connectivity index (χ0) is 16.1. The molecule has 2 aromatic rings. The summed E-state index contributed by atoms with van der Waals surface area (Å²) in [5, 5.41) is 19.6.